The maximum atomic E-state index is 11.1. The zero-order chi connectivity index (χ0) is 26.2. The summed E-state index contributed by atoms with van der Waals surface area (Å²) in [5, 5.41) is 29.2. The van der Waals surface area contributed by atoms with E-state index in [1.807, 2.05) is 0 Å². The van der Waals surface area contributed by atoms with Crippen molar-refractivity contribution >= 4 is 17.9 Å². The Labute approximate surface area is 213 Å². The van der Waals surface area contributed by atoms with Gasteiger partial charge in [0.15, 0.2) is 0 Å². The van der Waals surface area contributed by atoms with Crippen molar-refractivity contribution in [3.8, 4) is 0 Å². The molecule has 35 heavy (non-hydrogen) atoms. The molecule has 0 fully saturated rings. The van der Waals surface area contributed by atoms with E-state index in [0.29, 0.717) is 6.54 Å². The number of carboxylic acid groups (broad SMARTS) is 3. The van der Waals surface area contributed by atoms with Gasteiger partial charge in [0, 0.05) is 12.4 Å². The average molecular weight is 498 g/mol. The van der Waals surface area contributed by atoms with E-state index < -0.39 is 17.9 Å². The van der Waals surface area contributed by atoms with Gasteiger partial charge in [0.2, 0.25) is 0 Å². The van der Waals surface area contributed by atoms with Crippen molar-refractivity contribution in [3.63, 3.8) is 0 Å². The minimum absolute atomic E-state index is 0.103. The third-order valence-corrected chi connectivity index (χ3v) is 6.78. The molecule has 0 saturated heterocycles. The van der Waals surface area contributed by atoms with E-state index in [2.05, 4.69) is 19.1 Å². The first-order valence-electron chi connectivity index (χ1n) is 13.9. The van der Waals surface area contributed by atoms with Crippen molar-refractivity contribution in [2.75, 3.05) is 26.2 Å². The fourth-order valence-corrected chi connectivity index (χ4v) is 4.54. The molecule has 0 aliphatic heterocycles. The zero-order valence-electron chi connectivity index (χ0n) is 22.2. The fraction of sp³-hybridized carbons (Fsp3) is 0.821. The van der Waals surface area contributed by atoms with Crippen LogP contribution in [0.1, 0.15) is 122 Å². The summed E-state index contributed by atoms with van der Waals surface area (Å²) in [6.45, 7) is 3.55. The van der Waals surface area contributed by atoms with E-state index in [-0.39, 0.29) is 43.4 Å². The molecule has 0 atom stereocenters. The molecule has 7 heteroatoms. The number of carbonyl (C=O) groups excluding carboxylic acids is 1. The number of carbonyl (C=O) groups is 3. The molecular weight excluding hydrogens is 446 g/mol. The smallest absolute Gasteiger partial charge is 0.309 e. The first-order valence-corrected chi connectivity index (χ1v) is 13.9. The molecule has 0 amide bonds. The maximum absolute atomic E-state index is 11.1. The summed E-state index contributed by atoms with van der Waals surface area (Å²) in [6, 6.07) is 0. The summed E-state index contributed by atoms with van der Waals surface area (Å²) < 4.78 is 0.209. The van der Waals surface area contributed by atoms with Gasteiger partial charge in [-0.3, -0.25) is 9.59 Å². The lowest BCUT2D eigenvalue weighted by Gasteiger charge is -2.38. The Morgan fingerprint density at radius 3 is 1.43 bits per heavy atom. The summed E-state index contributed by atoms with van der Waals surface area (Å²) in [5.41, 5.74) is 0. The van der Waals surface area contributed by atoms with E-state index in [4.69, 9.17) is 10.2 Å². The Morgan fingerprint density at radius 2 is 1.00 bits per heavy atom. The molecule has 2 N–H and O–H groups in total. The van der Waals surface area contributed by atoms with Gasteiger partial charge in [-0.2, -0.15) is 0 Å². The van der Waals surface area contributed by atoms with Gasteiger partial charge in [-0.25, -0.2) is 0 Å². The SMILES string of the molecule is CCCCCCCCCCCC/C=C/CCCCC[N+](CCC(=O)[O-])(CCC(=O)O)CCC(=O)O. The molecule has 0 bridgehead atoms. The predicted octanol–water partition coefficient (Wildman–Crippen LogP) is 5.32. The highest BCUT2D eigenvalue weighted by molar-refractivity contribution is 5.67. The molecule has 7 nitrogen and oxygen atoms in total. The quantitative estimate of drug-likeness (QED) is 0.0949. The van der Waals surface area contributed by atoms with Crippen LogP contribution in [0.3, 0.4) is 0 Å². The normalized spacial score (nSPS) is 11.8. The molecule has 0 rings (SSSR count). The number of allylic oxidation sites excluding steroid dienone is 2. The van der Waals surface area contributed by atoms with E-state index in [0.717, 1.165) is 32.1 Å². The minimum atomic E-state index is -1.19. The Kier molecular flexibility index (Phi) is 21.3. The number of rotatable bonds is 26. The van der Waals surface area contributed by atoms with E-state index in [9.17, 15) is 19.5 Å². The maximum Gasteiger partial charge on any atom is 0.309 e. The molecule has 0 aromatic rings. The van der Waals surface area contributed by atoms with Crippen LogP contribution in [0.25, 0.3) is 0 Å². The van der Waals surface area contributed by atoms with Crippen LogP contribution < -0.4 is 5.11 Å². The number of aliphatic carboxylic acids is 3. The van der Waals surface area contributed by atoms with Gasteiger partial charge in [0.25, 0.3) is 0 Å². The predicted molar refractivity (Wildman–Crippen MR) is 138 cm³/mol. The zero-order valence-corrected chi connectivity index (χ0v) is 22.2. The number of nitrogens with zero attached hydrogens (tertiary/aromatic N) is 1. The Bertz CT molecular complexity index is 544. The standard InChI is InChI=1S/C28H51NO6/c1-2-3-4-5-6-7-8-9-10-11-12-13-14-15-16-17-18-22-29(23-19-26(30)31,24-20-27(32)33)25-21-28(34)35/h13-14H,2-12,15-25H2,1H3,(H2-,30,31,32,33,34,35)/b14-13+. The number of quaternary nitrogens is 1. The Morgan fingerprint density at radius 1 is 0.600 bits per heavy atom. The van der Waals surface area contributed by atoms with E-state index in [1.54, 1.807) is 0 Å². The van der Waals surface area contributed by atoms with Crippen molar-refractivity contribution in [3.05, 3.63) is 12.2 Å². The summed E-state index contributed by atoms with van der Waals surface area (Å²) >= 11 is 0. The highest BCUT2D eigenvalue weighted by Gasteiger charge is 2.28. The van der Waals surface area contributed by atoms with Gasteiger partial charge in [-0.1, -0.05) is 76.9 Å². The third-order valence-electron chi connectivity index (χ3n) is 6.78. The lowest BCUT2D eigenvalue weighted by Crippen LogP contribution is -2.53. The monoisotopic (exact) mass is 497 g/mol. The van der Waals surface area contributed by atoms with Gasteiger partial charge in [-0.15, -0.1) is 0 Å². The molecule has 0 spiro atoms. The molecular formula is C28H51NO6. The van der Waals surface area contributed by atoms with Gasteiger partial charge in [0.1, 0.15) is 0 Å². The van der Waals surface area contributed by atoms with E-state index >= 15 is 0 Å². The minimum Gasteiger partial charge on any atom is -0.550 e. The van der Waals surface area contributed by atoms with E-state index in [1.165, 1.54) is 64.2 Å². The van der Waals surface area contributed by atoms with Crippen molar-refractivity contribution in [2.45, 2.75) is 122 Å². The fourth-order valence-electron chi connectivity index (χ4n) is 4.54. The largest absolute Gasteiger partial charge is 0.550 e. The van der Waals surface area contributed by atoms with Gasteiger partial charge in [-0.05, 0) is 38.5 Å². The van der Waals surface area contributed by atoms with Gasteiger partial charge < -0.3 is 24.6 Å². The van der Waals surface area contributed by atoms with Crippen LogP contribution in [-0.2, 0) is 14.4 Å². The average Bonchev–Trinajstić information content (AvgIpc) is 2.81. The molecule has 0 radical (unpaired) electrons. The highest BCUT2D eigenvalue weighted by Crippen LogP contribution is 2.16. The lowest BCUT2D eigenvalue weighted by atomic mass is 10.1. The Balaban J connectivity index is 4.10. The topological polar surface area (TPSA) is 115 Å². The Hall–Kier alpha value is -1.89. The molecule has 0 aliphatic rings. The van der Waals surface area contributed by atoms with Crippen LogP contribution in [0.15, 0.2) is 12.2 Å². The van der Waals surface area contributed by atoms with Crippen LogP contribution in [0.5, 0.6) is 0 Å². The number of carboxylic acids is 3. The van der Waals surface area contributed by atoms with Crippen LogP contribution >= 0.6 is 0 Å². The van der Waals surface area contributed by atoms with Crippen LogP contribution in [0.2, 0.25) is 0 Å². The summed E-state index contributed by atoms with van der Waals surface area (Å²) in [5.74, 6) is -3.10. The van der Waals surface area contributed by atoms with Crippen LogP contribution in [0, 0.1) is 0 Å². The third kappa shape index (κ3) is 22.3. The van der Waals surface area contributed by atoms with Crippen LogP contribution in [0.4, 0.5) is 0 Å². The number of hydrogen-bond acceptors (Lipinski definition) is 4. The summed E-state index contributed by atoms with van der Waals surface area (Å²) in [7, 11) is 0. The molecule has 0 aromatic carbocycles. The second-order valence-corrected chi connectivity index (χ2v) is 9.94. The molecule has 0 unspecified atom stereocenters. The summed E-state index contributed by atoms with van der Waals surface area (Å²) in [6.07, 6.45) is 22.5. The van der Waals surface area contributed by atoms with Crippen molar-refractivity contribution in [1.82, 2.24) is 0 Å². The second-order valence-electron chi connectivity index (χ2n) is 9.94. The molecule has 0 heterocycles. The molecule has 0 saturated carbocycles. The van der Waals surface area contributed by atoms with Crippen LogP contribution in [-0.4, -0.2) is 58.8 Å². The molecule has 204 valence electrons. The van der Waals surface area contributed by atoms with Gasteiger partial charge in [0.05, 0.1) is 39.0 Å². The summed E-state index contributed by atoms with van der Waals surface area (Å²) in [4.78, 5) is 33.2. The van der Waals surface area contributed by atoms with Crippen molar-refractivity contribution < 1.29 is 34.2 Å². The molecule has 0 aromatic heterocycles. The molecule has 0 aliphatic carbocycles. The first-order chi connectivity index (χ1) is 16.8. The first kappa shape index (κ1) is 33.1. The second kappa shape index (κ2) is 22.6. The van der Waals surface area contributed by atoms with Crippen molar-refractivity contribution in [2.24, 2.45) is 0 Å². The highest BCUT2D eigenvalue weighted by atomic mass is 16.4. The number of hydrogen-bond donors (Lipinski definition) is 2. The lowest BCUT2D eigenvalue weighted by molar-refractivity contribution is -0.927. The number of unbranched alkanes of at least 4 members (excludes halogenated alkanes) is 13. The van der Waals surface area contributed by atoms with Crippen molar-refractivity contribution in [1.29, 1.82) is 0 Å². The van der Waals surface area contributed by atoms with Gasteiger partial charge >= 0.3 is 11.9 Å².